The molecule has 1 saturated heterocycles. The Hall–Kier alpha value is -1.95. The Labute approximate surface area is 152 Å². The highest BCUT2D eigenvalue weighted by Crippen LogP contribution is 2.38. The van der Waals surface area contributed by atoms with Crippen LogP contribution in [0.4, 0.5) is 4.79 Å². The molecule has 1 aromatic rings. The van der Waals surface area contributed by atoms with Gasteiger partial charge < -0.3 is 10.1 Å². The molecule has 136 valence electrons. The fourth-order valence-electron chi connectivity index (χ4n) is 3.45. The molecule has 1 aliphatic heterocycles. The van der Waals surface area contributed by atoms with Gasteiger partial charge in [-0.05, 0) is 48.9 Å². The predicted molar refractivity (Wildman–Crippen MR) is 95.6 cm³/mol. The molecule has 0 bridgehead atoms. The average Bonchev–Trinajstić information content (AvgIpc) is 2.63. The molecule has 25 heavy (non-hydrogen) atoms. The molecule has 7 heteroatoms. The highest BCUT2D eigenvalue weighted by atomic mass is 35.5. The van der Waals surface area contributed by atoms with Gasteiger partial charge in [0, 0.05) is 18.1 Å². The molecule has 0 spiro atoms. The van der Waals surface area contributed by atoms with Crippen molar-refractivity contribution in [1.29, 1.82) is 0 Å². The van der Waals surface area contributed by atoms with Crippen LogP contribution in [0, 0.1) is 0 Å². The number of rotatable bonds is 5. The molecule has 1 aromatic carbocycles. The van der Waals surface area contributed by atoms with E-state index in [9.17, 15) is 9.59 Å². The van der Waals surface area contributed by atoms with E-state index in [1.165, 1.54) is 24.3 Å². The number of amides is 3. The number of halogens is 1. The van der Waals surface area contributed by atoms with E-state index in [1.54, 1.807) is 6.07 Å². The molecule has 2 fully saturated rings. The molecule has 2 aliphatic rings. The van der Waals surface area contributed by atoms with Crippen molar-refractivity contribution >= 4 is 23.5 Å². The molecule has 6 nitrogen and oxygen atoms in total. The fraction of sp³-hybridized carbons (Fsp3) is 0.556. The van der Waals surface area contributed by atoms with Crippen LogP contribution in [0.15, 0.2) is 18.2 Å². The van der Waals surface area contributed by atoms with Crippen LogP contribution in [-0.2, 0) is 4.79 Å². The largest absolute Gasteiger partial charge is 0.483 e. The Bertz CT molecular complexity index is 632. The molecule has 1 saturated carbocycles. The van der Waals surface area contributed by atoms with Gasteiger partial charge >= 0.3 is 6.03 Å². The second-order valence-corrected chi connectivity index (χ2v) is 7.01. The number of carbonyl (C=O) groups excluding carboxylic acids is 2. The number of benzene rings is 1. The summed E-state index contributed by atoms with van der Waals surface area (Å²) in [5, 5.41) is 4.66. The lowest BCUT2D eigenvalue weighted by Gasteiger charge is -2.27. The Balaban J connectivity index is 1.60. The van der Waals surface area contributed by atoms with Crippen molar-refractivity contribution in [1.82, 2.24) is 15.8 Å². The van der Waals surface area contributed by atoms with Gasteiger partial charge in [-0.1, -0.05) is 30.9 Å². The summed E-state index contributed by atoms with van der Waals surface area (Å²) < 4.78 is 5.75. The van der Waals surface area contributed by atoms with E-state index in [4.69, 9.17) is 16.3 Å². The summed E-state index contributed by atoms with van der Waals surface area (Å²) in [6.07, 6.45) is 6.74. The maximum Gasteiger partial charge on any atom is 0.336 e. The van der Waals surface area contributed by atoms with Crippen LogP contribution in [0.25, 0.3) is 0 Å². The van der Waals surface area contributed by atoms with E-state index in [0.29, 0.717) is 29.8 Å². The van der Waals surface area contributed by atoms with Gasteiger partial charge in [-0.2, -0.15) is 0 Å². The Morgan fingerprint density at radius 3 is 2.84 bits per heavy atom. The number of carbonyl (C=O) groups is 2. The van der Waals surface area contributed by atoms with E-state index in [-0.39, 0.29) is 18.5 Å². The lowest BCUT2D eigenvalue weighted by Crippen LogP contribution is -2.55. The van der Waals surface area contributed by atoms with Gasteiger partial charge in [0.1, 0.15) is 5.75 Å². The predicted octanol–water partition coefficient (Wildman–Crippen LogP) is 3.21. The van der Waals surface area contributed by atoms with Crippen molar-refractivity contribution in [2.45, 2.75) is 44.4 Å². The molecule has 2 N–H and O–H groups in total. The molecule has 0 aromatic heterocycles. The summed E-state index contributed by atoms with van der Waals surface area (Å²) in [4.78, 5) is 23.7. The number of nitrogens with one attached hydrogen (secondary N) is 2. The van der Waals surface area contributed by atoms with Crippen LogP contribution in [0.2, 0.25) is 5.02 Å². The number of urea groups is 1. The van der Waals surface area contributed by atoms with Gasteiger partial charge in [0.05, 0.1) is 0 Å². The smallest absolute Gasteiger partial charge is 0.336 e. The van der Waals surface area contributed by atoms with Crippen LogP contribution >= 0.6 is 11.6 Å². The molecule has 3 amide bonds. The van der Waals surface area contributed by atoms with Crippen LogP contribution in [0.5, 0.6) is 5.75 Å². The maximum atomic E-state index is 12.1. The minimum absolute atomic E-state index is 0.134. The van der Waals surface area contributed by atoms with E-state index in [2.05, 4.69) is 10.7 Å². The summed E-state index contributed by atoms with van der Waals surface area (Å²) in [6, 6.07) is 5.27. The minimum Gasteiger partial charge on any atom is -0.483 e. The first-order valence-electron chi connectivity index (χ1n) is 8.90. The van der Waals surface area contributed by atoms with Gasteiger partial charge in [0.2, 0.25) is 0 Å². The standard InChI is InChI=1S/C18H24ClN3O3/c19-14-7-8-16(15(11-14)13-5-2-1-3-6-13)25-12-17(23)21-22-10-4-9-20-18(22)24/h7-8,11,13H,1-6,9-10,12H2,(H,20,24)(H,21,23). The van der Waals surface area contributed by atoms with Crippen molar-refractivity contribution in [3.63, 3.8) is 0 Å². The number of nitrogens with zero attached hydrogens (tertiary/aromatic N) is 1. The summed E-state index contributed by atoms with van der Waals surface area (Å²) in [7, 11) is 0. The van der Waals surface area contributed by atoms with Crippen molar-refractivity contribution in [2.75, 3.05) is 19.7 Å². The minimum atomic E-state index is -0.346. The van der Waals surface area contributed by atoms with Crippen molar-refractivity contribution in [2.24, 2.45) is 0 Å². The SMILES string of the molecule is O=C(COc1ccc(Cl)cc1C1CCCCC1)NN1CCCNC1=O. The molecule has 0 unspecified atom stereocenters. The van der Waals surface area contributed by atoms with Gasteiger partial charge in [-0.25, -0.2) is 9.80 Å². The van der Waals surface area contributed by atoms with E-state index < -0.39 is 0 Å². The van der Waals surface area contributed by atoms with Crippen molar-refractivity contribution in [3.8, 4) is 5.75 Å². The molecule has 3 rings (SSSR count). The second-order valence-electron chi connectivity index (χ2n) is 6.58. The van der Waals surface area contributed by atoms with E-state index in [1.807, 2.05) is 12.1 Å². The summed E-state index contributed by atoms with van der Waals surface area (Å²) in [5.41, 5.74) is 3.66. The monoisotopic (exact) mass is 365 g/mol. The zero-order valence-corrected chi connectivity index (χ0v) is 15.0. The lowest BCUT2D eigenvalue weighted by molar-refractivity contribution is -0.127. The zero-order chi connectivity index (χ0) is 17.6. The number of ether oxygens (including phenoxy) is 1. The first-order chi connectivity index (χ1) is 12.1. The van der Waals surface area contributed by atoms with Gasteiger partial charge in [0.25, 0.3) is 5.91 Å². The summed E-state index contributed by atoms with van der Waals surface area (Å²) in [6.45, 7) is 1.01. The zero-order valence-electron chi connectivity index (χ0n) is 14.2. The number of hydrogen-bond acceptors (Lipinski definition) is 3. The highest BCUT2D eigenvalue weighted by Gasteiger charge is 2.22. The molecule has 0 radical (unpaired) electrons. The lowest BCUT2D eigenvalue weighted by atomic mass is 9.84. The Morgan fingerprint density at radius 2 is 2.08 bits per heavy atom. The van der Waals surface area contributed by atoms with Gasteiger partial charge in [-0.3, -0.25) is 10.2 Å². The Morgan fingerprint density at radius 1 is 1.28 bits per heavy atom. The third-order valence-corrected chi connectivity index (χ3v) is 4.95. The normalized spacial score (nSPS) is 18.6. The summed E-state index contributed by atoms with van der Waals surface area (Å²) >= 11 is 6.16. The summed E-state index contributed by atoms with van der Waals surface area (Å²) in [5.74, 6) is 0.787. The molecule has 1 heterocycles. The molecular formula is C18H24ClN3O3. The van der Waals surface area contributed by atoms with Crippen LogP contribution < -0.4 is 15.5 Å². The van der Waals surface area contributed by atoms with Gasteiger partial charge in [0.15, 0.2) is 6.61 Å². The first kappa shape index (κ1) is 17.9. The van der Waals surface area contributed by atoms with Crippen molar-refractivity contribution < 1.29 is 14.3 Å². The molecule has 0 atom stereocenters. The quantitative estimate of drug-likeness (QED) is 0.841. The molecule has 1 aliphatic carbocycles. The van der Waals surface area contributed by atoms with Crippen LogP contribution in [-0.4, -0.2) is 36.6 Å². The number of hydrazine groups is 1. The average molecular weight is 366 g/mol. The van der Waals surface area contributed by atoms with Crippen LogP contribution in [0.3, 0.4) is 0 Å². The Kier molecular flexibility index (Phi) is 6.02. The third-order valence-electron chi connectivity index (χ3n) is 4.72. The number of hydrogen-bond donors (Lipinski definition) is 2. The topological polar surface area (TPSA) is 70.7 Å². The highest BCUT2D eigenvalue weighted by molar-refractivity contribution is 6.30. The fourth-order valence-corrected chi connectivity index (χ4v) is 3.63. The third kappa shape index (κ3) is 4.78. The van der Waals surface area contributed by atoms with Gasteiger partial charge in [-0.15, -0.1) is 0 Å². The molecular weight excluding hydrogens is 342 g/mol. The second kappa shape index (κ2) is 8.43. The van der Waals surface area contributed by atoms with Crippen LogP contribution in [0.1, 0.15) is 50.0 Å². The van der Waals surface area contributed by atoms with E-state index >= 15 is 0 Å². The van der Waals surface area contributed by atoms with E-state index in [0.717, 1.165) is 24.8 Å². The first-order valence-corrected chi connectivity index (χ1v) is 9.28. The van der Waals surface area contributed by atoms with Crippen molar-refractivity contribution in [3.05, 3.63) is 28.8 Å². The maximum absolute atomic E-state index is 12.1.